The third-order valence-electron chi connectivity index (χ3n) is 2.55. The number of Topliss-reactive ketones (excluding diaryl/α,β-unsaturated/α-hetero) is 1. The van der Waals surface area contributed by atoms with Crippen LogP contribution in [-0.4, -0.2) is 27.8 Å². The molecule has 1 fully saturated rings. The van der Waals surface area contributed by atoms with Crippen LogP contribution in [0.1, 0.15) is 25.7 Å². The van der Waals surface area contributed by atoms with E-state index in [0.717, 1.165) is 35.2 Å². The van der Waals surface area contributed by atoms with Gasteiger partial charge in [-0.3, -0.25) is 4.79 Å². The molecule has 0 saturated heterocycles. The number of hydrogen-bond donors (Lipinski definition) is 1. The molecule has 1 aromatic rings. The summed E-state index contributed by atoms with van der Waals surface area (Å²) in [6.07, 6.45) is 5.65. The average Bonchev–Trinajstić information content (AvgIpc) is 2.77. The average molecular weight is 269 g/mol. The van der Waals surface area contributed by atoms with Crippen LogP contribution in [0.4, 0.5) is 5.13 Å². The Hall–Kier alpha value is -0.880. The minimum absolute atomic E-state index is 0.0870. The van der Waals surface area contributed by atoms with Crippen molar-refractivity contribution < 1.29 is 4.79 Å². The van der Waals surface area contributed by atoms with Crippen LogP contribution in [0.15, 0.2) is 17.0 Å². The normalized spacial score (nSPS) is 20.2. The number of nitrogens with one attached hydrogen (secondary N) is 1. The van der Waals surface area contributed by atoms with Gasteiger partial charge in [0.2, 0.25) is 5.13 Å². The Balaban J connectivity index is 1.91. The lowest BCUT2D eigenvalue weighted by atomic mass is 9.99. The van der Waals surface area contributed by atoms with Crippen LogP contribution in [0.3, 0.4) is 0 Å². The highest BCUT2D eigenvalue weighted by atomic mass is 32.2. The van der Waals surface area contributed by atoms with Crippen molar-refractivity contribution >= 4 is 34.0 Å². The van der Waals surface area contributed by atoms with Crippen LogP contribution in [0.5, 0.6) is 0 Å². The first kappa shape index (κ1) is 12.6. The van der Waals surface area contributed by atoms with Gasteiger partial charge in [-0.2, -0.15) is 0 Å². The minimum Gasteiger partial charge on any atom is -0.357 e. The molecule has 1 aromatic heterocycles. The summed E-state index contributed by atoms with van der Waals surface area (Å²) < 4.78 is 0.872. The summed E-state index contributed by atoms with van der Waals surface area (Å²) in [5.74, 6) is 0.358. The van der Waals surface area contributed by atoms with E-state index in [0.29, 0.717) is 12.3 Å². The summed E-state index contributed by atoms with van der Waals surface area (Å²) >= 11 is 3.05. The fraction of sp³-hybridized carbons (Fsp3) is 0.545. The number of carbonyl (C=O) groups is 1. The van der Waals surface area contributed by atoms with E-state index in [1.807, 2.05) is 0 Å². The molecule has 0 unspecified atom stereocenters. The second-order valence-electron chi connectivity index (χ2n) is 3.86. The lowest BCUT2D eigenvalue weighted by Gasteiger charge is -2.17. The summed E-state index contributed by atoms with van der Waals surface area (Å²) in [4.78, 5) is 11.7. The van der Waals surface area contributed by atoms with Crippen LogP contribution < -0.4 is 5.32 Å². The van der Waals surface area contributed by atoms with Crippen molar-refractivity contribution in [2.75, 3.05) is 11.9 Å². The first-order chi connectivity index (χ1) is 8.29. The van der Waals surface area contributed by atoms with Gasteiger partial charge >= 0.3 is 0 Å². The molecule has 0 amide bonds. The Labute approximate surface area is 109 Å². The molecular weight excluding hydrogens is 254 g/mol. The molecule has 0 radical (unpaired) electrons. The summed E-state index contributed by atoms with van der Waals surface area (Å²) in [7, 11) is 0. The third kappa shape index (κ3) is 3.54. The van der Waals surface area contributed by atoms with E-state index in [9.17, 15) is 4.79 Å². The highest BCUT2D eigenvalue weighted by molar-refractivity contribution is 8.02. The van der Waals surface area contributed by atoms with E-state index in [4.69, 9.17) is 0 Å². The summed E-state index contributed by atoms with van der Waals surface area (Å²) in [6.45, 7) is 4.31. The van der Waals surface area contributed by atoms with Crippen LogP contribution in [0, 0.1) is 0 Å². The Morgan fingerprint density at radius 1 is 1.53 bits per heavy atom. The van der Waals surface area contributed by atoms with Crippen LogP contribution in [0.2, 0.25) is 0 Å². The molecule has 92 valence electrons. The standard InChI is InChI=1S/C11H15N3OS2/c1-2-7-12-10-13-14-11(17-10)16-9-6-4-3-5-8(9)15/h2,9H,1,3-7H2,(H,12,13)/t9-/m1/s1. The van der Waals surface area contributed by atoms with Crippen molar-refractivity contribution in [3.8, 4) is 0 Å². The van der Waals surface area contributed by atoms with Crippen molar-refractivity contribution in [2.45, 2.75) is 35.3 Å². The Morgan fingerprint density at radius 2 is 2.41 bits per heavy atom. The second kappa shape index (κ2) is 6.16. The van der Waals surface area contributed by atoms with Gasteiger partial charge in [0, 0.05) is 13.0 Å². The maximum atomic E-state index is 11.7. The molecule has 2 rings (SSSR count). The van der Waals surface area contributed by atoms with E-state index >= 15 is 0 Å². The van der Waals surface area contributed by atoms with Gasteiger partial charge in [-0.25, -0.2) is 0 Å². The van der Waals surface area contributed by atoms with Gasteiger partial charge < -0.3 is 5.32 Å². The molecule has 6 heteroatoms. The number of ketones is 1. The Bertz CT molecular complexity index is 405. The maximum Gasteiger partial charge on any atom is 0.206 e. The molecule has 0 spiro atoms. The summed E-state index contributed by atoms with van der Waals surface area (Å²) in [6, 6.07) is 0. The van der Waals surface area contributed by atoms with Crippen molar-refractivity contribution in [3.63, 3.8) is 0 Å². The zero-order chi connectivity index (χ0) is 12.1. The van der Waals surface area contributed by atoms with Crippen LogP contribution in [-0.2, 0) is 4.79 Å². The van der Waals surface area contributed by atoms with Crippen molar-refractivity contribution in [1.82, 2.24) is 10.2 Å². The molecule has 1 aliphatic carbocycles. The van der Waals surface area contributed by atoms with Crippen molar-refractivity contribution in [1.29, 1.82) is 0 Å². The fourth-order valence-corrected chi connectivity index (χ4v) is 3.81. The first-order valence-electron chi connectivity index (χ1n) is 5.67. The van der Waals surface area contributed by atoms with Gasteiger partial charge in [0.05, 0.1) is 5.25 Å². The monoisotopic (exact) mass is 269 g/mol. The zero-order valence-electron chi connectivity index (χ0n) is 9.52. The molecule has 1 N–H and O–H groups in total. The van der Waals surface area contributed by atoms with E-state index in [1.54, 1.807) is 17.8 Å². The third-order valence-corrected chi connectivity index (χ3v) is 4.83. The molecule has 4 nitrogen and oxygen atoms in total. The SMILES string of the molecule is C=CCNc1nnc(S[C@@H]2CCCCC2=O)s1. The van der Waals surface area contributed by atoms with E-state index in [-0.39, 0.29) is 5.25 Å². The molecule has 17 heavy (non-hydrogen) atoms. The van der Waals surface area contributed by atoms with Crippen LogP contribution in [0.25, 0.3) is 0 Å². The fourth-order valence-electron chi connectivity index (χ4n) is 1.69. The maximum absolute atomic E-state index is 11.7. The quantitative estimate of drug-likeness (QED) is 0.833. The number of hydrogen-bond acceptors (Lipinski definition) is 6. The first-order valence-corrected chi connectivity index (χ1v) is 7.37. The number of thioether (sulfide) groups is 1. The molecule has 0 aromatic carbocycles. The van der Waals surface area contributed by atoms with Gasteiger partial charge in [-0.05, 0) is 12.8 Å². The second-order valence-corrected chi connectivity index (χ2v) is 6.29. The Kier molecular flexibility index (Phi) is 4.56. The van der Waals surface area contributed by atoms with Crippen molar-refractivity contribution in [3.05, 3.63) is 12.7 Å². The van der Waals surface area contributed by atoms with E-state index in [2.05, 4.69) is 22.1 Å². The summed E-state index contributed by atoms with van der Waals surface area (Å²) in [5.41, 5.74) is 0. The summed E-state index contributed by atoms with van der Waals surface area (Å²) in [5, 5.41) is 12.1. The van der Waals surface area contributed by atoms with Gasteiger partial charge in [0.15, 0.2) is 4.34 Å². The molecule has 1 aliphatic rings. The van der Waals surface area contributed by atoms with Gasteiger partial charge in [0.25, 0.3) is 0 Å². The molecule has 1 atom stereocenters. The molecule has 1 heterocycles. The predicted octanol–water partition coefficient (Wildman–Crippen LogP) is 2.74. The minimum atomic E-state index is 0.0870. The topological polar surface area (TPSA) is 54.9 Å². The number of rotatable bonds is 5. The largest absolute Gasteiger partial charge is 0.357 e. The number of nitrogens with zero attached hydrogens (tertiary/aromatic N) is 2. The molecule has 1 saturated carbocycles. The number of aromatic nitrogens is 2. The smallest absolute Gasteiger partial charge is 0.206 e. The van der Waals surface area contributed by atoms with Gasteiger partial charge in [-0.15, -0.1) is 16.8 Å². The number of anilines is 1. The zero-order valence-corrected chi connectivity index (χ0v) is 11.1. The Morgan fingerprint density at radius 3 is 3.18 bits per heavy atom. The lowest BCUT2D eigenvalue weighted by Crippen LogP contribution is -2.21. The molecular formula is C11H15N3OS2. The molecule has 0 bridgehead atoms. The van der Waals surface area contributed by atoms with Crippen LogP contribution >= 0.6 is 23.1 Å². The lowest BCUT2D eigenvalue weighted by molar-refractivity contribution is -0.119. The highest BCUT2D eigenvalue weighted by Gasteiger charge is 2.24. The number of carbonyl (C=O) groups excluding carboxylic acids is 1. The van der Waals surface area contributed by atoms with Crippen molar-refractivity contribution in [2.24, 2.45) is 0 Å². The van der Waals surface area contributed by atoms with E-state index in [1.165, 1.54) is 11.3 Å². The van der Waals surface area contributed by atoms with Gasteiger partial charge in [-0.1, -0.05) is 35.6 Å². The highest BCUT2D eigenvalue weighted by Crippen LogP contribution is 2.34. The van der Waals surface area contributed by atoms with Gasteiger partial charge in [0.1, 0.15) is 5.78 Å². The van der Waals surface area contributed by atoms with E-state index < -0.39 is 0 Å². The predicted molar refractivity (Wildman–Crippen MR) is 71.7 cm³/mol. The molecule has 0 aliphatic heterocycles.